The maximum atomic E-state index is 11.6. The van der Waals surface area contributed by atoms with Gasteiger partial charge in [0.25, 0.3) is 0 Å². The quantitative estimate of drug-likeness (QED) is 0.228. The molecule has 0 aliphatic heterocycles. The third kappa shape index (κ3) is 6.11. The van der Waals surface area contributed by atoms with Crippen LogP contribution in [-0.2, 0) is 4.79 Å². The Morgan fingerprint density at radius 3 is 1.41 bits per heavy atom. The summed E-state index contributed by atoms with van der Waals surface area (Å²) < 4.78 is -0.656. The van der Waals surface area contributed by atoms with Crippen molar-refractivity contribution in [1.82, 2.24) is 0 Å². The van der Waals surface area contributed by atoms with Gasteiger partial charge < -0.3 is 5.11 Å². The Labute approximate surface area is 184 Å². The fourth-order valence-electron chi connectivity index (χ4n) is 2.69. The maximum Gasteiger partial charge on any atom is 0.304 e. The van der Waals surface area contributed by atoms with Crippen molar-refractivity contribution in [3.8, 4) is 12.3 Å². The molecule has 0 saturated carbocycles. The summed E-state index contributed by atoms with van der Waals surface area (Å²) in [5, 5.41) is 9.55. The molecule has 5 heteroatoms. The second-order valence-electron chi connectivity index (χ2n) is 6.17. The minimum Gasteiger partial charge on any atom is -0.481 e. The third-order valence-electron chi connectivity index (χ3n) is 4.02. The Hall–Kier alpha value is -2.26. The van der Waals surface area contributed by atoms with Crippen LogP contribution < -0.4 is 0 Å². The summed E-state index contributed by atoms with van der Waals surface area (Å²) in [5.74, 6) is 1.40. The number of hydrogen-bond donors (Lipinski definition) is 1. The molecule has 0 aliphatic carbocycles. The molecule has 0 heterocycles. The Balaban J connectivity index is 2.09. The number of carboxylic acids is 1. The van der Waals surface area contributed by atoms with Gasteiger partial charge in [0.2, 0.25) is 0 Å². The minimum absolute atomic E-state index is 0.101. The predicted molar refractivity (Wildman–Crippen MR) is 124 cm³/mol. The average Bonchev–Trinajstić information content (AvgIpc) is 2.74. The lowest BCUT2D eigenvalue weighted by Gasteiger charge is -2.36. The van der Waals surface area contributed by atoms with Gasteiger partial charge in [-0.15, -0.1) is 6.42 Å². The molecule has 0 fully saturated rings. The Kier molecular flexibility index (Phi) is 7.76. The van der Waals surface area contributed by atoms with Gasteiger partial charge in [-0.25, -0.2) is 0 Å². The summed E-state index contributed by atoms with van der Waals surface area (Å²) in [4.78, 5) is 14.8. The van der Waals surface area contributed by atoms with E-state index in [1.54, 1.807) is 35.3 Å². The monoisotopic (exact) mass is 436 g/mol. The molecule has 29 heavy (non-hydrogen) atoms. The fourth-order valence-corrected chi connectivity index (χ4v) is 7.67. The molecule has 3 aromatic carbocycles. The van der Waals surface area contributed by atoms with Crippen molar-refractivity contribution < 1.29 is 9.90 Å². The fraction of sp³-hybridized carbons (Fsp3) is 0.125. The van der Waals surface area contributed by atoms with Crippen LogP contribution in [-0.4, -0.2) is 14.5 Å². The second kappa shape index (κ2) is 10.5. The summed E-state index contributed by atoms with van der Waals surface area (Å²) in [7, 11) is 0. The lowest BCUT2D eigenvalue weighted by molar-refractivity contribution is -0.137. The first-order chi connectivity index (χ1) is 14.1. The highest BCUT2D eigenvalue weighted by molar-refractivity contribution is 8.33. The van der Waals surface area contributed by atoms with Crippen molar-refractivity contribution in [1.29, 1.82) is 0 Å². The molecule has 3 aromatic rings. The molecule has 0 aliphatic rings. The molecular weight excluding hydrogens is 416 g/mol. The van der Waals surface area contributed by atoms with Crippen molar-refractivity contribution in [3.05, 3.63) is 91.0 Å². The molecule has 0 amide bonds. The van der Waals surface area contributed by atoms with E-state index in [1.165, 1.54) is 0 Å². The smallest absolute Gasteiger partial charge is 0.304 e. The molecule has 146 valence electrons. The van der Waals surface area contributed by atoms with E-state index >= 15 is 0 Å². The number of aliphatic carboxylic acids is 1. The first-order valence-corrected chi connectivity index (χ1v) is 11.5. The molecule has 0 bridgehead atoms. The summed E-state index contributed by atoms with van der Waals surface area (Å²) in [6.45, 7) is 0. The molecular formula is C24H20O2S3. The van der Waals surface area contributed by atoms with Gasteiger partial charge in [-0.3, -0.25) is 4.79 Å². The van der Waals surface area contributed by atoms with E-state index in [0.717, 1.165) is 14.7 Å². The van der Waals surface area contributed by atoms with Crippen LogP contribution in [0.25, 0.3) is 0 Å². The molecule has 0 aromatic heterocycles. The van der Waals surface area contributed by atoms with Gasteiger partial charge in [0.15, 0.2) is 0 Å². The van der Waals surface area contributed by atoms with Gasteiger partial charge in [-0.1, -0.05) is 95.8 Å². The van der Waals surface area contributed by atoms with E-state index in [2.05, 4.69) is 5.92 Å². The normalized spacial score (nSPS) is 12.1. The number of carboxylic acid groups (broad SMARTS) is 1. The van der Waals surface area contributed by atoms with Crippen LogP contribution in [0, 0.1) is 18.3 Å². The van der Waals surface area contributed by atoms with E-state index in [4.69, 9.17) is 6.42 Å². The first kappa shape index (κ1) is 21.4. The van der Waals surface area contributed by atoms with Crippen LogP contribution in [0.2, 0.25) is 0 Å². The Morgan fingerprint density at radius 2 is 1.14 bits per heavy atom. The van der Waals surface area contributed by atoms with Gasteiger partial charge in [0, 0.05) is 14.7 Å². The van der Waals surface area contributed by atoms with E-state index in [1.807, 2.05) is 91.0 Å². The van der Waals surface area contributed by atoms with E-state index in [-0.39, 0.29) is 6.42 Å². The van der Waals surface area contributed by atoms with Crippen LogP contribution in [0.5, 0.6) is 0 Å². The zero-order valence-electron chi connectivity index (χ0n) is 15.6. The summed E-state index contributed by atoms with van der Waals surface area (Å²) >= 11 is 4.86. The molecule has 0 saturated heterocycles. The van der Waals surface area contributed by atoms with Gasteiger partial charge in [0.1, 0.15) is 3.41 Å². The van der Waals surface area contributed by atoms with Crippen LogP contribution in [0.4, 0.5) is 0 Å². The highest BCUT2D eigenvalue weighted by atomic mass is 32.3. The summed E-state index contributed by atoms with van der Waals surface area (Å²) in [6, 6.07) is 30.0. The standard InChI is InChI=1S/C24H20O2S3/c1-2-19(18-23(25)26)24(27-20-12-6-3-7-13-20,28-21-14-8-4-9-15-21)29-22-16-10-5-11-17-22/h1,3-17,19H,18H2,(H,25,26). The first-order valence-electron chi connectivity index (χ1n) is 9.01. The highest BCUT2D eigenvalue weighted by Gasteiger charge is 2.43. The number of benzene rings is 3. The van der Waals surface area contributed by atoms with Crippen molar-refractivity contribution >= 4 is 41.3 Å². The second-order valence-corrected chi connectivity index (χ2v) is 10.9. The number of rotatable bonds is 9. The number of thioether (sulfide) groups is 3. The van der Waals surface area contributed by atoms with E-state index in [0.29, 0.717) is 0 Å². The van der Waals surface area contributed by atoms with Crippen LogP contribution in [0.1, 0.15) is 6.42 Å². The summed E-state index contributed by atoms with van der Waals surface area (Å²) in [5.41, 5.74) is 0. The molecule has 2 nitrogen and oxygen atoms in total. The summed E-state index contributed by atoms with van der Waals surface area (Å²) in [6.07, 6.45) is 5.81. The van der Waals surface area contributed by atoms with E-state index in [9.17, 15) is 9.90 Å². The number of terminal acetylenes is 1. The van der Waals surface area contributed by atoms with Crippen LogP contribution in [0.15, 0.2) is 106 Å². The van der Waals surface area contributed by atoms with Crippen LogP contribution in [0.3, 0.4) is 0 Å². The zero-order valence-corrected chi connectivity index (χ0v) is 18.1. The molecule has 1 unspecified atom stereocenters. The number of hydrogen-bond acceptors (Lipinski definition) is 4. The topological polar surface area (TPSA) is 37.3 Å². The van der Waals surface area contributed by atoms with Gasteiger partial charge in [-0.2, -0.15) is 0 Å². The molecule has 3 rings (SSSR count). The zero-order chi connectivity index (χ0) is 20.5. The Morgan fingerprint density at radius 1 is 0.793 bits per heavy atom. The minimum atomic E-state index is -0.895. The van der Waals surface area contributed by atoms with Crippen molar-refractivity contribution in [2.24, 2.45) is 5.92 Å². The molecule has 1 atom stereocenters. The van der Waals surface area contributed by atoms with Crippen molar-refractivity contribution in [3.63, 3.8) is 0 Å². The van der Waals surface area contributed by atoms with Gasteiger partial charge in [0.05, 0.1) is 12.3 Å². The molecule has 0 radical (unpaired) electrons. The largest absolute Gasteiger partial charge is 0.481 e. The Bertz CT molecular complexity index is 852. The molecule has 0 spiro atoms. The van der Waals surface area contributed by atoms with Gasteiger partial charge >= 0.3 is 5.97 Å². The maximum absolute atomic E-state index is 11.6. The van der Waals surface area contributed by atoms with Crippen LogP contribution >= 0.6 is 35.3 Å². The van der Waals surface area contributed by atoms with Crippen molar-refractivity contribution in [2.45, 2.75) is 24.5 Å². The SMILES string of the molecule is C#CC(CC(=O)O)C(Sc1ccccc1)(Sc1ccccc1)Sc1ccccc1. The lowest BCUT2D eigenvalue weighted by Crippen LogP contribution is -2.28. The number of carbonyl (C=O) groups is 1. The van der Waals surface area contributed by atoms with Gasteiger partial charge in [-0.05, 0) is 36.4 Å². The highest BCUT2D eigenvalue weighted by Crippen LogP contribution is 2.60. The average molecular weight is 437 g/mol. The van der Waals surface area contributed by atoms with E-state index < -0.39 is 15.3 Å². The lowest BCUT2D eigenvalue weighted by atomic mass is 10.1. The predicted octanol–water partition coefficient (Wildman–Crippen LogP) is 6.74. The van der Waals surface area contributed by atoms with Crippen molar-refractivity contribution in [2.75, 3.05) is 0 Å². The third-order valence-corrected chi connectivity index (χ3v) is 8.75. The molecule has 1 N–H and O–H groups in total.